The molecule has 5 heterocycles. The lowest BCUT2D eigenvalue weighted by Crippen LogP contribution is -2.39. The van der Waals surface area contributed by atoms with Gasteiger partial charge in [0.05, 0.1) is 0 Å². The average molecular weight is 421 g/mol. The molecule has 0 bridgehead atoms. The van der Waals surface area contributed by atoms with E-state index in [0.29, 0.717) is 22.7 Å². The second-order valence-corrected chi connectivity index (χ2v) is 10.6. The van der Waals surface area contributed by atoms with Gasteiger partial charge in [0.25, 0.3) is 5.95 Å². The normalized spacial score (nSPS) is 31.5. The van der Waals surface area contributed by atoms with Crippen LogP contribution in [0.2, 0.25) is 0 Å². The van der Waals surface area contributed by atoms with E-state index >= 15 is 0 Å². The maximum atomic E-state index is 4.87. The molecule has 164 valence electrons. The molecule has 0 amide bonds. The van der Waals surface area contributed by atoms with Gasteiger partial charge in [-0.2, -0.15) is 4.98 Å². The van der Waals surface area contributed by atoms with Crippen LogP contribution < -0.4 is 10.2 Å². The van der Waals surface area contributed by atoms with Crippen LogP contribution in [0.15, 0.2) is 22.4 Å². The molecule has 3 fully saturated rings. The number of aliphatic imine (C=N–C) groups is 2. The van der Waals surface area contributed by atoms with Crippen LogP contribution in [0, 0.1) is 16.7 Å². The molecule has 1 N–H and O–H groups in total. The predicted octanol–water partition coefficient (Wildman–Crippen LogP) is 3.06. The second kappa shape index (κ2) is 7.08. The lowest BCUT2D eigenvalue weighted by Gasteiger charge is -2.41. The largest absolute Gasteiger partial charge is 0.353 e. The van der Waals surface area contributed by atoms with E-state index in [4.69, 9.17) is 15.0 Å². The molecule has 2 unspecified atom stereocenters. The molecular weight excluding hydrogens is 388 g/mol. The van der Waals surface area contributed by atoms with E-state index in [-0.39, 0.29) is 0 Å². The lowest BCUT2D eigenvalue weighted by atomic mass is 9.66. The van der Waals surface area contributed by atoms with Crippen LogP contribution in [0.5, 0.6) is 0 Å². The minimum atomic E-state index is 0.354. The third kappa shape index (κ3) is 3.35. The monoisotopic (exact) mass is 420 g/mol. The van der Waals surface area contributed by atoms with Crippen molar-refractivity contribution in [3.63, 3.8) is 0 Å². The molecule has 1 saturated carbocycles. The fourth-order valence-electron chi connectivity index (χ4n) is 6.13. The van der Waals surface area contributed by atoms with Gasteiger partial charge in [-0.05, 0) is 44.1 Å². The summed E-state index contributed by atoms with van der Waals surface area (Å²) in [7, 11) is 0. The second-order valence-electron chi connectivity index (χ2n) is 10.6. The van der Waals surface area contributed by atoms with Gasteiger partial charge in [0.1, 0.15) is 0 Å². The molecule has 4 aliphatic rings. The van der Waals surface area contributed by atoms with Crippen molar-refractivity contribution in [2.45, 2.75) is 52.4 Å². The van der Waals surface area contributed by atoms with E-state index in [1.54, 1.807) is 0 Å². The topological polar surface area (TPSA) is 83.1 Å². The molecular formula is C23H32N8. The van der Waals surface area contributed by atoms with Gasteiger partial charge in [-0.25, -0.2) is 14.5 Å². The zero-order valence-electron chi connectivity index (χ0n) is 18.6. The van der Waals surface area contributed by atoms with Gasteiger partial charge in [-0.1, -0.05) is 13.8 Å². The lowest BCUT2D eigenvalue weighted by molar-refractivity contribution is 0.232. The van der Waals surface area contributed by atoms with Crippen molar-refractivity contribution in [2.24, 2.45) is 26.7 Å². The molecule has 8 nitrogen and oxygen atoms in total. The Bertz CT molecular complexity index is 1060. The number of hydrogen-bond acceptors (Lipinski definition) is 7. The summed E-state index contributed by atoms with van der Waals surface area (Å²) in [5.41, 5.74) is 4.06. The fraction of sp³-hybridized carbons (Fsp3) is 0.696. The highest BCUT2D eigenvalue weighted by molar-refractivity contribution is 6.08. The molecule has 1 spiro atoms. The summed E-state index contributed by atoms with van der Waals surface area (Å²) in [6, 6.07) is 0. The minimum Gasteiger partial charge on any atom is -0.353 e. The van der Waals surface area contributed by atoms with E-state index in [0.717, 1.165) is 69.2 Å². The van der Waals surface area contributed by atoms with E-state index in [1.807, 2.05) is 16.9 Å². The number of rotatable bonds is 2. The Hall–Kier alpha value is -2.35. The van der Waals surface area contributed by atoms with Crippen LogP contribution in [-0.4, -0.2) is 63.7 Å². The first-order valence-corrected chi connectivity index (χ1v) is 11.8. The van der Waals surface area contributed by atoms with Gasteiger partial charge in [0, 0.05) is 67.7 Å². The quantitative estimate of drug-likeness (QED) is 0.807. The van der Waals surface area contributed by atoms with Crippen molar-refractivity contribution < 1.29 is 0 Å². The Morgan fingerprint density at radius 3 is 3.03 bits per heavy atom. The summed E-state index contributed by atoms with van der Waals surface area (Å²) in [6.07, 6.45) is 10.4. The highest BCUT2D eigenvalue weighted by atomic mass is 15.4. The Kier molecular flexibility index (Phi) is 4.42. The van der Waals surface area contributed by atoms with E-state index in [9.17, 15) is 0 Å². The highest BCUT2D eigenvalue weighted by Gasteiger charge is 2.41. The first-order valence-electron chi connectivity index (χ1n) is 11.8. The first kappa shape index (κ1) is 19.3. The fourth-order valence-corrected chi connectivity index (χ4v) is 6.13. The third-order valence-electron chi connectivity index (χ3n) is 8.08. The van der Waals surface area contributed by atoms with Crippen molar-refractivity contribution in [3.05, 3.63) is 12.4 Å². The van der Waals surface area contributed by atoms with Gasteiger partial charge in [0.15, 0.2) is 11.5 Å². The van der Waals surface area contributed by atoms with E-state index in [2.05, 4.69) is 34.1 Å². The summed E-state index contributed by atoms with van der Waals surface area (Å²) in [5, 5.41) is 8.19. The van der Waals surface area contributed by atoms with Gasteiger partial charge < -0.3 is 10.2 Å². The van der Waals surface area contributed by atoms with Gasteiger partial charge in [0.2, 0.25) is 0 Å². The van der Waals surface area contributed by atoms with E-state index < -0.39 is 0 Å². The zero-order chi connectivity index (χ0) is 21.1. The number of fused-ring (bicyclic) bond motifs is 2. The number of nitrogens with zero attached hydrogens (tertiary/aromatic N) is 7. The van der Waals surface area contributed by atoms with Crippen molar-refractivity contribution in [1.82, 2.24) is 24.9 Å². The molecule has 6 rings (SSSR count). The SMILES string of the molecule is CC1(C)CCN=C2CC(=Nc3nc4c(N5CCC6(CCNC6)C5)nccn4n3)CCC21. The van der Waals surface area contributed by atoms with Crippen LogP contribution in [0.1, 0.15) is 52.4 Å². The first-order chi connectivity index (χ1) is 15.0. The van der Waals surface area contributed by atoms with Crippen LogP contribution in [-0.2, 0) is 0 Å². The average Bonchev–Trinajstić information content (AvgIpc) is 3.48. The third-order valence-corrected chi connectivity index (χ3v) is 8.08. The van der Waals surface area contributed by atoms with Crippen LogP contribution in [0.4, 0.5) is 11.8 Å². The summed E-state index contributed by atoms with van der Waals surface area (Å²) in [4.78, 5) is 21.6. The molecule has 2 saturated heterocycles. The number of nitrogens with one attached hydrogen (secondary N) is 1. The smallest absolute Gasteiger partial charge is 0.269 e. The maximum Gasteiger partial charge on any atom is 0.269 e. The Balaban J connectivity index is 1.26. The van der Waals surface area contributed by atoms with Gasteiger partial charge in [-0.3, -0.25) is 4.99 Å². The predicted molar refractivity (Wildman–Crippen MR) is 123 cm³/mol. The van der Waals surface area contributed by atoms with Crippen LogP contribution in [0.3, 0.4) is 0 Å². The standard InChI is InChI=1S/C23H32N8/c1-22(2)5-9-25-18-13-16(3-4-17(18)22)27-21-28-20-19(26-10-12-31(20)29-21)30-11-7-23(15-30)6-8-24-14-23/h10,12,17,24H,3-9,11,13-15H2,1-2H3. The number of anilines is 1. The van der Waals surface area contributed by atoms with Gasteiger partial charge >= 0.3 is 0 Å². The molecule has 2 aromatic heterocycles. The number of aromatic nitrogens is 4. The summed E-state index contributed by atoms with van der Waals surface area (Å²) >= 11 is 0. The minimum absolute atomic E-state index is 0.354. The summed E-state index contributed by atoms with van der Waals surface area (Å²) in [6.45, 7) is 10.0. The Labute approximate surface area is 183 Å². The van der Waals surface area contributed by atoms with Crippen LogP contribution in [0.25, 0.3) is 5.65 Å². The molecule has 3 aliphatic heterocycles. The molecule has 8 heteroatoms. The molecule has 1 aliphatic carbocycles. The molecule has 0 aromatic carbocycles. The molecule has 2 aromatic rings. The molecule has 31 heavy (non-hydrogen) atoms. The summed E-state index contributed by atoms with van der Waals surface area (Å²) in [5.74, 6) is 2.08. The van der Waals surface area contributed by atoms with Gasteiger partial charge in [-0.15, -0.1) is 5.10 Å². The van der Waals surface area contributed by atoms with Crippen molar-refractivity contribution >= 4 is 28.8 Å². The Morgan fingerprint density at radius 1 is 1.23 bits per heavy atom. The Morgan fingerprint density at radius 2 is 2.16 bits per heavy atom. The van der Waals surface area contributed by atoms with Crippen LogP contribution >= 0.6 is 0 Å². The van der Waals surface area contributed by atoms with Crippen molar-refractivity contribution in [3.8, 4) is 0 Å². The molecule has 0 radical (unpaired) electrons. The highest BCUT2D eigenvalue weighted by Crippen LogP contribution is 2.42. The molecule has 2 atom stereocenters. The van der Waals surface area contributed by atoms with E-state index in [1.165, 1.54) is 25.0 Å². The van der Waals surface area contributed by atoms with Crippen molar-refractivity contribution in [2.75, 3.05) is 37.6 Å². The number of hydrogen-bond donors (Lipinski definition) is 1. The zero-order valence-corrected chi connectivity index (χ0v) is 18.6. The maximum absolute atomic E-state index is 4.87. The van der Waals surface area contributed by atoms with Crippen molar-refractivity contribution in [1.29, 1.82) is 0 Å². The summed E-state index contributed by atoms with van der Waals surface area (Å²) < 4.78 is 1.84.